The normalized spacial score (nSPS) is 11.0. The van der Waals surface area contributed by atoms with Gasteiger partial charge in [0.05, 0.1) is 17.6 Å². The summed E-state index contributed by atoms with van der Waals surface area (Å²) in [6.45, 7) is 4.83. The van der Waals surface area contributed by atoms with Crippen molar-refractivity contribution in [1.29, 1.82) is 0 Å². The fourth-order valence-electron chi connectivity index (χ4n) is 2.84. The molecule has 2 heterocycles. The number of carbonyl (C=O) groups is 1. The molecule has 1 N–H and O–H groups in total. The minimum absolute atomic E-state index is 0.0231. The average Bonchev–Trinajstić information content (AvgIpc) is 3.04. The van der Waals surface area contributed by atoms with Crippen molar-refractivity contribution in [3.8, 4) is 5.75 Å². The molecule has 0 aliphatic heterocycles. The number of hydrogen-bond donors (Lipinski definition) is 1. The van der Waals surface area contributed by atoms with Gasteiger partial charge in [-0.3, -0.25) is 9.36 Å². The summed E-state index contributed by atoms with van der Waals surface area (Å²) in [6, 6.07) is 7.80. The number of nitrogens with zero attached hydrogens (tertiary/aromatic N) is 2. The van der Waals surface area contributed by atoms with E-state index >= 15 is 0 Å². The van der Waals surface area contributed by atoms with Gasteiger partial charge in [-0.05, 0) is 31.0 Å². The SMILES string of the molecule is CCc1nc2scc(C(=O)O)c2c(=O)n1CCCOc1cccc(C)c1. The van der Waals surface area contributed by atoms with Crippen LogP contribution in [0.4, 0.5) is 0 Å². The minimum Gasteiger partial charge on any atom is -0.494 e. The molecule has 7 heteroatoms. The maximum absolute atomic E-state index is 12.8. The first-order chi connectivity index (χ1) is 12.5. The Morgan fingerprint density at radius 2 is 2.19 bits per heavy atom. The molecule has 1 aromatic carbocycles. The van der Waals surface area contributed by atoms with Gasteiger partial charge in [0.2, 0.25) is 0 Å². The van der Waals surface area contributed by atoms with E-state index in [0.717, 1.165) is 11.3 Å². The monoisotopic (exact) mass is 372 g/mol. The van der Waals surface area contributed by atoms with Gasteiger partial charge in [0, 0.05) is 18.3 Å². The highest BCUT2D eigenvalue weighted by atomic mass is 32.1. The summed E-state index contributed by atoms with van der Waals surface area (Å²) in [5.74, 6) is 0.359. The van der Waals surface area contributed by atoms with Gasteiger partial charge in [0.1, 0.15) is 16.4 Å². The number of rotatable bonds is 7. The second-order valence-corrected chi connectivity index (χ2v) is 6.85. The van der Waals surface area contributed by atoms with Crippen LogP contribution >= 0.6 is 11.3 Å². The van der Waals surface area contributed by atoms with E-state index in [9.17, 15) is 14.7 Å². The molecule has 0 radical (unpaired) electrons. The number of carboxylic acid groups (broad SMARTS) is 1. The van der Waals surface area contributed by atoms with Crippen molar-refractivity contribution in [2.75, 3.05) is 6.61 Å². The molecule has 0 unspecified atom stereocenters. The first-order valence-electron chi connectivity index (χ1n) is 8.45. The van der Waals surface area contributed by atoms with E-state index in [1.165, 1.54) is 16.7 Å². The first-order valence-corrected chi connectivity index (χ1v) is 9.33. The lowest BCUT2D eigenvalue weighted by Crippen LogP contribution is -2.26. The zero-order valence-corrected chi connectivity index (χ0v) is 15.5. The van der Waals surface area contributed by atoms with Crippen LogP contribution in [-0.4, -0.2) is 27.2 Å². The summed E-state index contributed by atoms with van der Waals surface area (Å²) < 4.78 is 7.30. The number of ether oxygens (including phenoxy) is 1. The maximum Gasteiger partial charge on any atom is 0.337 e. The molecular weight excluding hydrogens is 352 g/mol. The van der Waals surface area contributed by atoms with Gasteiger partial charge < -0.3 is 9.84 Å². The second-order valence-electron chi connectivity index (χ2n) is 5.99. The van der Waals surface area contributed by atoms with Crippen LogP contribution in [0.15, 0.2) is 34.4 Å². The Labute approximate surface area is 154 Å². The first kappa shape index (κ1) is 18.1. The predicted octanol–water partition coefficient (Wildman–Crippen LogP) is 3.50. The molecule has 26 heavy (non-hydrogen) atoms. The van der Waals surface area contributed by atoms with E-state index in [1.54, 1.807) is 4.57 Å². The molecule has 0 aliphatic rings. The number of hydrogen-bond acceptors (Lipinski definition) is 5. The summed E-state index contributed by atoms with van der Waals surface area (Å²) in [7, 11) is 0. The topological polar surface area (TPSA) is 81.4 Å². The largest absolute Gasteiger partial charge is 0.494 e. The fraction of sp³-hybridized carbons (Fsp3) is 0.316. The van der Waals surface area contributed by atoms with Crippen LogP contribution in [0, 0.1) is 6.92 Å². The van der Waals surface area contributed by atoms with E-state index in [4.69, 9.17) is 4.74 Å². The highest BCUT2D eigenvalue weighted by Gasteiger charge is 2.18. The summed E-state index contributed by atoms with van der Waals surface area (Å²) >= 11 is 1.19. The molecule has 6 nitrogen and oxygen atoms in total. The number of carboxylic acids is 1. The molecule has 0 spiro atoms. The smallest absolute Gasteiger partial charge is 0.337 e. The molecule has 0 aliphatic carbocycles. The molecule has 0 atom stereocenters. The Bertz CT molecular complexity index is 1010. The van der Waals surface area contributed by atoms with Crippen LogP contribution in [0.3, 0.4) is 0 Å². The van der Waals surface area contributed by atoms with Crippen LogP contribution < -0.4 is 10.3 Å². The lowest BCUT2D eigenvalue weighted by Gasteiger charge is -2.12. The van der Waals surface area contributed by atoms with Crippen LogP contribution in [0.2, 0.25) is 0 Å². The van der Waals surface area contributed by atoms with Crippen molar-refractivity contribution in [2.24, 2.45) is 0 Å². The molecule has 3 rings (SSSR count). The van der Waals surface area contributed by atoms with Gasteiger partial charge in [-0.25, -0.2) is 9.78 Å². The van der Waals surface area contributed by atoms with E-state index in [2.05, 4.69) is 4.98 Å². The average molecular weight is 372 g/mol. The van der Waals surface area contributed by atoms with Crippen molar-refractivity contribution in [1.82, 2.24) is 9.55 Å². The summed E-state index contributed by atoms with van der Waals surface area (Å²) in [5, 5.41) is 11.0. The number of benzene rings is 1. The minimum atomic E-state index is -1.10. The van der Waals surface area contributed by atoms with Crippen LogP contribution in [0.5, 0.6) is 5.75 Å². The van der Waals surface area contributed by atoms with Crippen molar-refractivity contribution in [2.45, 2.75) is 33.2 Å². The predicted molar refractivity (Wildman–Crippen MR) is 102 cm³/mol. The number of aromatic nitrogens is 2. The summed E-state index contributed by atoms with van der Waals surface area (Å²) in [6.07, 6.45) is 1.23. The van der Waals surface area contributed by atoms with Crippen LogP contribution in [-0.2, 0) is 13.0 Å². The molecule has 3 aromatic rings. The fourth-order valence-corrected chi connectivity index (χ4v) is 3.76. The third-order valence-corrected chi connectivity index (χ3v) is 4.98. The van der Waals surface area contributed by atoms with Gasteiger partial charge in [-0.1, -0.05) is 19.1 Å². The molecule has 0 amide bonds. The Morgan fingerprint density at radius 1 is 1.38 bits per heavy atom. The Hall–Kier alpha value is -2.67. The van der Waals surface area contributed by atoms with Gasteiger partial charge in [0.25, 0.3) is 5.56 Å². The summed E-state index contributed by atoms with van der Waals surface area (Å²) in [4.78, 5) is 29.1. The lowest BCUT2D eigenvalue weighted by molar-refractivity contribution is 0.0699. The van der Waals surface area contributed by atoms with Crippen LogP contribution in [0.1, 0.15) is 35.1 Å². The second kappa shape index (κ2) is 7.70. The van der Waals surface area contributed by atoms with E-state index < -0.39 is 5.97 Å². The highest BCUT2D eigenvalue weighted by molar-refractivity contribution is 7.17. The summed E-state index contributed by atoms with van der Waals surface area (Å²) in [5.41, 5.74) is 0.858. The van der Waals surface area contributed by atoms with Gasteiger partial charge in [0.15, 0.2) is 0 Å². The van der Waals surface area contributed by atoms with Crippen molar-refractivity contribution in [3.05, 3.63) is 57.0 Å². The molecular formula is C19H20N2O4S. The van der Waals surface area contributed by atoms with Crippen LogP contribution in [0.25, 0.3) is 10.2 Å². The standard InChI is InChI=1S/C19H20N2O4S/c1-3-15-20-17-16(14(11-26-17)19(23)24)18(22)21(15)8-5-9-25-13-7-4-6-12(2)10-13/h4,6-7,10-11H,3,5,8-9H2,1-2H3,(H,23,24). The van der Waals surface area contributed by atoms with Gasteiger partial charge >= 0.3 is 5.97 Å². The van der Waals surface area contributed by atoms with Crippen molar-refractivity contribution in [3.63, 3.8) is 0 Å². The number of fused-ring (bicyclic) bond motifs is 1. The zero-order chi connectivity index (χ0) is 18.7. The lowest BCUT2D eigenvalue weighted by atomic mass is 10.2. The van der Waals surface area contributed by atoms with Crippen molar-refractivity contribution < 1.29 is 14.6 Å². The third-order valence-electron chi connectivity index (χ3n) is 4.10. The molecule has 0 saturated carbocycles. The number of thiophene rings is 1. The van der Waals surface area contributed by atoms with Gasteiger partial charge in [-0.15, -0.1) is 11.3 Å². The molecule has 0 fully saturated rings. The Morgan fingerprint density at radius 3 is 2.88 bits per heavy atom. The maximum atomic E-state index is 12.8. The van der Waals surface area contributed by atoms with E-state index in [1.807, 2.05) is 38.1 Å². The molecule has 2 aromatic heterocycles. The zero-order valence-electron chi connectivity index (χ0n) is 14.7. The molecule has 0 bridgehead atoms. The highest BCUT2D eigenvalue weighted by Crippen LogP contribution is 2.22. The third kappa shape index (κ3) is 3.62. The molecule has 136 valence electrons. The number of aryl methyl sites for hydroxylation is 2. The quantitative estimate of drug-likeness (QED) is 0.642. The van der Waals surface area contributed by atoms with E-state index in [-0.39, 0.29) is 16.5 Å². The number of aromatic carboxylic acids is 1. The van der Waals surface area contributed by atoms with Gasteiger partial charge in [-0.2, -0.15) is 0 Å². The Balaban J connectivity index is 1.80. The van der Waals surface area contributed by atoms with Crippen molar-refractivity contribution >= 4 is 27.5 Å². The Kier molecular flexibility index (Phi) is 5.37. The molecule has 0 saturated heterocycles. The van der Waals surface area contributed by atoms with E-state index in [0.29, 0.717) is 36.6 Å².